The lowest BCUT2D eigenvalue weighted by Gasteiger charge is -2.25. The van der Waals surface area contributed by atoms with Crippen LogP contribution in [0.2, 0.25) is 0 Å². The van der Waals surface area contributed by atoms with Gasteiger partial charge in [0.15, 0.2) is 5.60 Å². The standard InChI is InChI=1S/C8H17NO3/c1-5-9(3)6-8(2,11)7(10)12-4/h11H,5-6H2,1-4H3. The summed E-state index contributed by atoms with van der Waals surface area (Å²) in [6, 6.07) is 0. The normalized spacial score (nSPS) is 15.8. The zero-order chi connectivity index (χ0) is 9.78. The molecule has 0 bridgehead atoms. The molecule has 0 saturated carbocycles. The largest absolute Gasteiger partial charge is 0.467 e. The zero-order valence-electron chi connectivity index (χ0n) is 8.13. The molecule has 0 amide bonds. The molecule has 0 aromatic carbocycles. The lowest BCUT2D eigenvalue weighted by Crippen LogP contribution is -2.46. The molecular formula is C8H17NO3. The molecule has 12 heavy (non-hydrogen) atoms. The summed E-state index contributed by atoms with van der Waals surface area (Å²) in [4.78, 5) is 12.8. The van der Waals surface area contributed by atoms with Crippen LogP contribution < -0.4 is 0 Å². The van der Waals surface area contributed by atoms with Crippen molar-refractivity contribution < 1.29 is 14.6 Å². The first kappa shape index (κ1) is 11.4. The van der Waals surface area contributed by atoms with E-state index in [2.05, 4.69) is 4.74 Å². The summed E-state index contributed by atoms with van der Waals surface area (Å²) in [5, 5.41) is 9.57. The highest BCUT2D eigenvalue weighted by atomic mass is 16.5. The maximum Gasteiger partial charge on any atom is 0.338 e. The van der Waals surface area contributed by atoms with Gasteiger partial charge in [0.1, 0.15) is 0 Å². The van der Waals surface area contributed by atoms with Gasteiger partial charge in [0.25, 0.3) is 0 Å². The molecule has 0 aliphatic rings. The quantitative estimate of drug-likeness (QED) is 0.604. The molecule has 4 heteroatoms. The fourth-order valence-corrected chi connectivity index (χ4v) is 0.922. The molecule has 0 fully saturated rings. The Hall–Kier alpha value is -0.610. The molecule has 4 nitrogen and oxygen atoms in total. The van der Waals surface area contributed by atoms with Crippen molar-refractivity contribution in [1.29, 1.82) is 0 Å². The number of aliphatic hydroxyl groups is 1. The SMILES string of the molecule is CCN(C)CC(C)(O)C(=O)OC. The van der Waals surface area contributed by atoms with Crippen molar-refractivity contribution in [2.45, 2.75) is 19.4 Å². The first-order chi connectivity index (χ1) is 5.44. The number of hydrogen-bond donors (Lipinski definition) is 1. The molecule has 0 radical (unpaired) electrons. The highest BCUT2D eigenvalue weighted by molar-refractivity contribution is 5.78. The topological polar surface area (TPSA) is 49.8 Å². The molecule has 1 atom stereocenters. The Balaban J connectivity index is 4.11. The number of hydrogen-bond acceptors (Lipinski definition) is 4. The van der Waals surface area contributed by atoms with Crippen LogP contribution in [0, 0.1) is 0 Å². The molecule has 0 aliphatic carbocycles. The van der Waals surface area contributed by atoms with Crippen LogP contribution in [0.5, 0.6) is 0 Å². The summed E-state index contributed by atoms with van der Waals surface area (Å²) in [6.07, 6.45) is 0. The summed E-state index contributed by atoms with van der Waals surface area (Å²) < 4.78 is 4.44. The third-order valence-corrected chi connectivity index (χ3v) is 1.74. The molecule has 72 valence electrons. The highest BCUT2D eigenvalue weighted by Gasteiger charge is 2.32. The van der Waals surface area contributed by atoms with Crippen molar-refractivity contribution in [3.63, 3.8) is 0 Å². The summed E-state index contributed by atoms with van der Waals surface area (Å²) >= 11 is 0. The number of likely N-dealkylation sites (N-methyl/N-ethyl adjacent to an activating group) is 1. The highest BCUT2D eigenvalue weighted by Crippen LogP contribution is 2.06. The summed E-state index contributed by atoms with van der Waals surface area (Å²) in [6.45, 7) is 4.47. The van der Waals surface area contributed by atoms with E-state index in [1.165, 1.54) is 14.0 Å². The Morgan fingerprint density at radius 2 is 2.17 bits per heavy atom. The molecule has 0 saturated heterocycles. The molecule has 0 spiro atoms. The minimum Gasteiger partial charge on any atom is -0.467 e. The van der Waals surface area contributed by atoms with Crippen LogP contribution in [0.3, 0.4) is 0 Å². The predicted octanol–water partition coefficient (Wildman–Crippen LogP) is -0.138. The number of nitrogens with zero attached hydrogens (tertiary/aromatic N) is 1. The smallest absolute Gasteiger partial charge is 0.338 e. The van der Waals surface area contributed by atoms with Crippen LogP contribution in [0.25, 0.3) is 0 Å². The van der Waals surface area contributed by atoms with E-state index < -0.39 is 11.6 Å². The number of carbonyl (C=O) groups is 1. The monoisotopic (exact) mass is 175 g/mol. The molecule has 0 heterocycles. The zero-order valence-corrected chi connectivity index (χ0v) is 8.13. The molecule has 0 rings (SSSR count). The molecule has 0 aromatic rings. The number of carbonyl (C=O) groups excluding carboxylic acids is 1. The van der Waals surface area contributed by atoms with Gasteiger partial charge in [-0.1, -0.05) is 6.92 Å². The average Bonchev–Trinajstić information content (AvgIpc) is 2.02. The van der Waals surface area contributed by atoms with Crippen LogP contribution in [0.1, 0.15) is 13.8 Å². The first-order valence-electron chi connectivity index (χ1n) is 3.93. The van der Waals surface area contributed by atoms with Crippen molar-refractivity contribution in [2.24, 2.45) is 0 Å². The van der Waals surface area contributed by atoms with Gasteiger partial charge in [-0.05, 0) is 20.5 Å². The minimum atomic E-state index is -1.40. The van der Waals surface area contributed by atoms with Gasteiger partial charge in [-0.3, -0.25) is 0 Å². The maximum atomic E-state index is 11.0. The van der Waals surface area contributed by atoms with Gasteiger partial charge in [0, 0.05) is 6.54 Å². The van der Waals surface area contributed by atoms with Gasteiger partial charge in [-0.25, -0.2) is 4.79 Å². The van der Waals surface area contributed by atoms with E-state index in [4.69, 9.17) is 0 Å². The fraction of sp³-hybridized carbons (Fsp3) is 0.875. The molecule has 1 N–H and O–H groups in total. The summed E-state index contributed by atoms with van der Waals surface area (Å²) in [5.74, 6) is -0.595. The van der Waals surface area contributed by atoms with Crippen LogP contribution in [-0.2, 0) is 9.53 Å². The second-order valence-electron chi connectivity index (χ2n) is 3.10. The van der Waals surface area contributed by atoms with Crippen molar-refractivity contribution >= 4 is 5.97 Å². The first-order valence-corrected chi connectivity index (χ1v) is 3.93. The van der Waals surface area contributed by atoms with Gasteiger partial charge in [0.2, 0.25) is 0 Å². The Morgan fingerprint density at radius 1 is 1.67 bits per heavy atom. The number of methoxy groups -OCH3 is 1. The van der Waals surface area contributed by atoms with Crippen molar-refractivity contribution in [1.82, 2.24) is 4.90 Å². The van der Waals surface area contributed by atoms with Crippen LogP contribution in [-0.4, -0.2) is 48.8 Å². The lowest BCUT2D eigenvalue weighted by molar-refractivity contribution is -0.161. The van der Waals surface area contributed by atoms with E-state index in [0.717, 1.165) is 6.54 Å². The summed E-state index contributed by atoms with van der Waals surface area (Å²) in [5.41, 5.74) is -1.40. The van der Waals surface area contributed by atoms with E-state index in [1.807, 2.05) is 18.9 Å². The molecule has 1 unspecified atom stereocenters. The Bertz CT molecular complexity index is 156. The van der Waals surface area contributed by atoms with Crippen molar-refractivity contribution in [2.75, 3.05) is 27.2 Å². The Labute approximate surface area is 73.1 Å². The van der Waals surface area contributed by atoms with E-state index in [9.17, 15) is 9.90 Å². The Morgan fingerprint density at radius 3 is 2.50 bits per heavy atom. The lowest BCUT2D eigenvalue weighted by atomic mass is 10.1. The van der Waals surface area contributed by atoms with E-state index >= 15 is 0 Å². The van der Waals surface area contributed by atoms with Gasteiger partial charge >= 0.3 is 5.97 Å². The maximum absolute atomic E-state index is 11.0. The minimum absolute atomic E-state index is 0.288. The average molecular weight is 175 g/mol. The van der Waals surface area contributed by atoms with Gasteiger partial charge in [-0.2, -0.15) is 0 Å². The fourth-order valence-electron chi connectivity index (χ4n) is 0.922. The van der Waals surface area contributed by atoms with E-state index in [-0.39, 0.29) is 6.54 Å². The van der Waals surface area contributed by atoms with E-state index in [1.54, 1.807) is 0 Å². The van der Waals surface area contributed by atoms with Crippen LogP contribution >= 0.6 is 0 Å². The van der Waals surface area contributed by atoms with E-state index in [0.29, 0.717) is 0 Å². The Kier molecular flexibility index (Phi) is 4.20. The van der Waals surface area contributed by atoms with Crippen LogP contribution in [0.4, 0.5) is 0 Å². The van der Waals surface area contributed by atoms with Gasteiger partial charge < -0.3 is 14.7 Å². The second-order valence-corrected chi connectivity index (χ2v) is 3.10. The molecular weight excluding hydrogens is 158 g/mol. The predicted molar refractivity (Wildman–Crippen MR) is 45.8 cm³/mol. The number of ether oxygens (including phenoxy) is 1. The van der Waals surface area contributed by atoms with Gasteiger partial charge in [-0.15, -0.1) is 0 Å². The van der Waals surface area contributed by atoms with Crippen LogP contribution in [0.15, 0.2) is 0 Å². The molecule has 0 aromatic heterocycles. The van der Waals surface area contributed by atoms with Gasteiger partial charge in [0.05, 0.1) is 7.11 Å². The third kappa shape index (κ3) is 3.19. The van der Waals surface area contributed by atoms with Crippen molar-refractivity contribution in [3.8, 4) is 0 Å². The van der Waals surface area contributed by atoms with Crippen molar-refractivity contribution in [3.05, 3.63) is 0 Å². The number of rotatable bonds is 4. The summed E-state index contributed by atoms with van der Waals surface area (Å²) in [7, 11) is 3.10. The number of esters is 1. The second kappa shape index (κ2) is 4.42. The molecule has 0 aliphatic heterocycles. The third-order valence-electron chi connectivity index (χ3n) is 1.74.